The second-order valence-corrected chi connectivity index (χ2v) is 7.44. The number of aryl methyl sites for hydroxylation is 1. The molecule has 0 spiro atoms. The number of rotatable bonds is 6. The fraction of sp³-hybridized carbons (Fsp3) is 0.158. The molecule has 3 aromatic heterocycles. The molecular weight excluding hydrogens is 396 g/mol. The average molecular weight is 413 g/mol. The Balaban J connectivity index is 1.51. The number of amides is 1. The second kappa shape index (κ2) is 7.95. The maximum Gasteiger partial charge on any atom is 0.261 e. The van der Waals surface area contributed by atoms with Crippen molar-refractivity contribution in [2.24, 2.45) is 0 Å². The molecule has 4 aromatic rings. The van der Waals surface area contributed by atoms with Crippen LogP contribution < -0.4 is 10.6 Å². The lowest BCUT2D eigenvalue weighted by atomic mass is 10.3. The van der Waals surface area contributed by atoms with E-state index in [4.69, 9.17) is 11.6 Å². The molecule has 0 bridgehead atoms. The molecule has 0 aliphatic rings. The van der Waals surface area contributed by atoms with Gasteiger partial charge in [-0.1, -0.05) is 23.7 Å². The fourth-order valence-electron chi connectivity index (χ4n) is 2.80. The van der Waals surface area contributed by atoms with Crippen molar-refractivity contribution in [1.82, 2.24) is 25.1 Å². The summed E-state index contributed by atoms with van der Waals surface area (Å²) in [5, 5.41) is 13.9. The van der Waals surface area contributed by atoms with E-state index in [-0.39, 0.29) is 5.91 Å². The zero-order chi connectivity index (χ0) is 19.5. The lowest BCUT2D eigenvalue weighted by Crippen LogP contribution is -2.28. The van der Waals surface area contributed by atoms with Crippen molar-refractivity contribution >= 4 is 45.7 Å². The van der Waals surface area contributed by atoms with Gasteiger partial charge in [-0.25, -0.2) is 14.6 Å². The van der Waals surface area contributed by atoms with Crippen molar-refractivity contribution in [2.75, 3.05) is 18.4 Å². The molecule has 4 rings (SSSR count). The van der Waals surface area contributed by atoms with Crippen LogP contribution in [-0.2, 0) is 0 Å². The molecular formula is C19H17ClN6OS. The van der Waals surface area contributed by atoms with Gasteiger partial charge in [0.25, 0.3) is 5.91 Å². The van der Waals surface area contributed by atoms with Crippen LogP contribution in [0.15, 0.2) is 48.0 Å². The number of thiophene rings is 1. The normalized spacial score (nSPS) is 10.9. The molecule has 0 atom stereocenters. The minimum absolute atomic E-state index is 0.0745. The Morgan fingerprint density at radius 2 is 2.11 bits per heavy atom. The maximum absolute atomic E-state index is 12.0. The smallest absolute Gasteiger partial charge is 0.261 e. The highest BCUT2D eigenvalue weighted by Gasteiger charge is 2.13. The Morgan fingerprint density at radius 3 is 2.89 bits per heavy atom. The molecule has 9 heteroatoms. The lowest BCUT2D eigenvalue weighted by Gasteiger charge is -2.09. The first-order valence-corrected chi connectivity index (χ1v) is 9.91. The minimum Gasteiger partial charge on any atom is -0.368 e. The van der Waals surface area contributed by atoms with Crippen LogP contribution in [0.1, 0.15) is 15.5 Å². The Hall–Kier alpha value is -2.97. The summed E-state index contributed by atoms with van der Waals surface area (Å²) in [7, 11) is 0. The third-order valence-electron chi connectivity index (χ3n) is 4.04. The van der Waals surface area contributed by atoms with Crippen LogP contribution in [0, 0.1) is 6.92 Å². The minimum atomic E-state index is -0.0745. The van der Waals surface area contributed by atoms with Crippen LogP contribution in [0.25, 0.3) is 16.7 Å². The molecule has 3 heterocycles. The van der Waals surface area contributed by atoms with Crippen molar-refractivity contribution in [3.05, 3.63) is 63.7 Å². The van der Waals surface area contributed by atoms with Gasteiger partial charge in [-0.3, -0.25) is 4.79 Å². The molecule has 0 saturated heterocycles. The molecule has 0 aliphatic heterocycles. The zero-order valence-corrected chi connectivity index (χ0v) is 16.6. The van der Waals surface area contributed by atoms with Gasteiger partial charge in [0, 0.05) is 18.1 Å². The SMILES string of the molecule is Cc1nc(NCCNC(=O)c2cccs2)c2cnn(-c3cccc(Cl)c3)c2n1. The van der Waals surface area contributed by atoms with Crippen molar-refractivity contribution in [1.29, 1.82) is 0 Å². The molecule has 2 N–H and O–H groups in total. The summed E-state index contributed by atoms with van der Waals surface area (Å²) < 4.78 is 1.74. The summed E-state index contributed by atoms with van der Waals surface area (Å²) in [6.45, 7) is 2.84. The number of fused-ring (bicyclic) bond motifs is 1. The van der Waals surface area contributed by atoms with Crippen LogP contribution in [0.5, 0.6) is 0 Å². The van der Waals surface area contributed by atoms with E-state index in [1.54, 1.807) is 16.9 Å². The van der Waals surface area contributed by atoms with E-state index >= 15 is 0 Å². The van der Waals surface area contributed by atoms with Crippen LogP contribution in [0.3, 0.4) is 0 Å². The van der Waals surface area contributed by atoms with Crippen molar-refractivity contribution in [3.8, 4) is 5.69 Å². The first kappa shape index (κ1) is 18.4. The van der Waals surface area contributed by atoms with Gasteiger partial charge in [0.15, 0.2) is 5.65 Å². The van der Waals surface area contributed by atoms with E-state index in [0.29, 0.717) is 40.3 Å². The van der Waals surface area contributed by atoms with E-state index in [1.165, 1.54) is 11.3 Å². The predicted octanol–water partition coefficient (Wildman–Crippen LogP) is 3.68. The number of nitrogens with one attached hydrogen (secondary N) is 2. The number of benzene rings is 1. The fourth-order valence-corrected chi connectivity index (χ4v) is 3.62. The summed E-state index contributed by atoms with van der Waals surface area (Å²) in [5.74, 6) is 1.23. The number of hydrogen-bond acceptors (Lipinski definition) is 6. The van der Waals surface area contributed by atoms with E-state index < -0.39 is 0 Å². The molecule has 7 nitrogen and oxygen atoms in total. The molecule has 0 fully saturated rings. The highest BCUT2D eigenvalue weighted by Crippen LogP contribution is 2.23. The number of nitrogens with zero attached hydrogens (tertiary/aromatic N) is 4. The van der Waals surface area contributed by atoms with Gasteiger partial charge in [-0.05, 0) is 36.6 Å². The molecule has 0 unspecified atom stereocenters. The molecule has 0 radical (unpaired) electrons. The highest BCUT2D eigenvalue weighted by atomic mass is 35.5. The number of carbonyl (C=O) groups excluding carboxylic acids is 1. The monoisotopic (exact) mass is 412 g/mol. The Kier molecular flexibility index (Phi) is 5.23. The van der Waals surface area contributed by atoms with E-state index in [1.807, 2.05) is 42.6 Å². The van der Waals surface area contributed by atoms with Gasteiger partial charge in [0.1, 0.15) is 11.6 Å². The number of anilines is 1. The standard InChI is InChI=1S/C19H17ClN6OS/c1-12-24-17(21-7-8-22-19(27)16-6-3-9-28-16)15-11-23-26(18(15)25-12)14-5-2-4-13(20)10-14/h2-6,9-11H,7-8H2,1H3,(H,22,27)(H,21,24,25). The summed E-state index contributed by atoms with van der Waals surface area (Å²) >= 11 is 7.52. The number of halogens is 1. The van der Waals surface area contributed by atoms with Gasteiger partial charge in [-0.15, -0.1) is 11.3 Å². The van der Waals surface area contributed by atoms with Crippen LogP contribution in [-0.4, -0.2) is 38.7 Å². The van der Waals surface area contributed by atoms with Crippen LogP contribution in [0.2, 0.25) is 5.02 Å². The van der Waals surface area contributed by atoms with E-state index in [2.05, 4.69) is 25.7 Å². The molecule has 1 amide bonds. The van der Waals surface area contributed by atoms with Crippen LogP contribution in [0.4, 0.5) is 5.82 Å². The maximum atomic E-state index is 12.0. The van der Waals surface area contributed by atoms with Gasteiger partial charge in [-0.2, -0.15) is 5.10 Å². The Labute approximate surface area is 170 Å². The van der Waals surface area contributed by atoms with Gasteiger partial charge < -0.3 is 10.6 Å². The summed E-state index contributed by atoms with van der Waals surface area (Å²) in [5.41, 5.74) is 1.52. The van der Waals surface area contributed by atoms with Crippen LogP contribution >= 0.6 is 22.9 Å². The number of aromatic nitrogens is 4. The largest absolute Gasteiger partial charge is 0.368 e. The third-order valence-corrected chi connectivity index (χ3v) is 5.14. The average Bonchev–Trinajstić information content (AvgIpc) is 3.34. The first-order chi connectivity index (χ1) is 13.6. The predicted molar refractivity (Wildman–Crippen MR) is 112 cm³/mol. The van der Waals surface area contributed by atoms with Crippen molar-refractivity contribution < 1.29 is 4.79 Å². The number of carbonyl (C=O) groups is 1. The van der Waals surface area contributed by atoms with E-state index in [0.717, 1.165) is 11.1 Å². The van der Waals surface area contributed by atoms with Crippen molar-refractivity contribution in [2.45, 2.75) is 6.92 Å². The van der Waals surface area contributed by atoms with Gasteiger partial charge in [0.2, 0.25) is 0 Å². The lowest BCUT2D eigenvalue weighted by molar-refractivity contribution is 0.0959. The molecule has 142 valence electrons. The topological polar surface area (TPSA) is 84.7 Å². The van der Waals surface area contributed by atoms with Gasteiger partial charge in [0.05, 0.1) is 22.1 Å². The zero-order valence-electron chi connectivity index (χ0n) is 15.0. The Morgan fingerprint density at radius 1 is 1.21 bits per heavy atom. The van der Waals surface area contributed by atoms with Crippen molar-refractivity contribution in [3.63, 3.8) is 0 Å². The Bertz CT molecular complexity index is 1120. The molecule has 0 aliphatic carbocycles. The first-order valence-electron chi connectivity index (χ1n) is 8.66. The van der Waals surface area contributed by atoms with E-state index in [9.17, 15) is 4.79 Å². The quantitative estimate of drug-likeness (QED) is 0.472. The molecule has 1 aromatic carbocycles. The van der Waals surface area contributed by atoms with Gasteiger partial charge >= 0.3 is 0 Å². The second-order valence-electron chi connectivity index (χ2n) is 6.05. The molecule has 0 saturated carbocycles. The highest BCUT2D eigenvalue weighted by molar-refractivity contribution is 7.12. The number of hydrogen-bond donors (Lipinski definition) is 2. The summed E-state index contributed by atoms with van der Waals surface area (Å²) in [6, 6.07) is 11.1. The third kappa shape index (κ3) is 3.83. The molecule has 28 heavy (non-hydrogen) atoms. The summed E-state index contributed by atoms with van der Waals surface area (Å²) in [4.78, 5) is 21.7. The summed E-state index contributed by atoms with van der Waals surface area (Å²) in [6.07, 6.45) is 1.72.